The number of carbonyl (C=O) groups excluding carboxylic acids is 1. The van der Waals surface area contributed by atoms with Gasteiger partial charge in [0.2, 0.25) is 0 Å². The summed E-state index contributed by atoms with van der Waals surface area (Å²) < 4.78 is 0. The summed E-state index contributed by atoms with van der Waals surface area (Å²) >= 11 is 6.04. The quantitative estimate of drug-likeness (QED) is 0.891. The van der Waals surface area contributed by atoms with Gasteiger partial charge >= 0.3 is 0 Å². The Bertz CT molecular complexity index is 643. The highest BCUT2D eigenvalue weighted by Crippen LogP contribution is 2.17. The van der Waals surface area contributed by atoms with Gasteiger partial charge in [0.05, 0.1) is 5.02 Å². The number of amides is 1. The van der Waals surface area contributed by atoms with Gasteiger partial charge in [-0.25, -0.2) is 4.98 Å². The molecule has 5 heteroatoms. The Morgan fingerprint density at radius 1 is 1.19 bits per heavy atom. The first-order chi connectivity index (χ1) is 10.2. The summed E-state index contributed by atoms with van der Waals surface area (Å²) in [5.74, 6) is 0.335. The fourth-order valence-electron chi connectivity index (χ4n) is 2.07. The van der Waals surface area contributed by atoms with Crippen LogP contribution in [0, 0.1) is 0 Å². The van der Waals surface area contributed by atoms with Crippen molar-refractivity contribution >= 4 is 23.3 Å². The highest BCUT2D eigenvalue weighted by atomic mass is 35.5. The second-order valence-electron chi connectivity index (χ2n) is 4.58. The number of carbonyl (C=O) groups is 1. The molecule has 0 radical (unpaired) electrons. The molecular formula is C16H18ClN3O. The largest absolute Gasteiger partial charge is 0.373 e. The molecule has 1 aromatic heterocycles. The lowest BCUT2D eigenvalue weighted by Crippen LogP contribution is -2.25. The van der Waals surface area contributed by atoms with Crippen molar-refractivity contribution < 1.29 is 4.79 Å². The number of hydrogen-bond acceptors (Lipinski definition) is 3. The van der Waals surface area contributed by atoms with Crippen LogP contribution < -0.4 is 10.6 Å². The molecule has 1 amide bonds. The van der Waals surface area contributed by atoms with Gasteiger partial charge in [-0.3, -0.25) is 4.79 Å². The Balaban J connectivity index is 2.11. The van der Waals surface area contributed by atoms with Crippen LogP contribution in [-0.2, 0) is 13.0 Å². The molecule has 2 N–H and O–H groups in total. The molecule has 1 heterocycles. The molecule has 110 valence electrons. The molecular weight excluding hydrogens is 286 g/mol. The lowest BCUT2D eigenvalue weighted by Gasteiger charge is -2.10. The zero-order chi connectivity index (χ0) is 15.2. The molecule has 0 saturated heterocycles. The van der Waals surface area contributed by atoms with Crippen LogP contribution in [0.3, 0.4) is 0 Å². The van der Waals surface area contributed by atoms with Crippen molar-refractivity contribution in [2.45, 2.75) is 19.9 Å². The molecule has 0 atom stereocenters. The van der Waals surface area contributed by atoms with Crippen LogP contribution in [0.4, 0.5) is 5.82 Å². The highest BCUT2D eigenvalue weighted by molar-refractivity contribution is 6.33. The highest BCUT2D eigenvalue weighted by Gasteiger charge is 2.13. The zero-order valence-electron chi connectivity index (χ0n) is 12.1. The lowest BCUT2D eigenvalue weighted by atomic mass is 10.1. The van der Waals surface area contributed by atoms with E-state index in [1.54, 1.807) is 19.2 Å². The van der Waals surface area contributed by atoms with Crippen LogP contribution in [0.1, 0.15) is 28.5 Å². The monoisotopic (exact) mass is 303 g/mol. The number of aromatic nitrogens is 1. The van der Waals surface area contributed by atoms with Crippen LogP contribution in [0.15, 0.2) is 36.4 Å². The Morgan fingerprint density at radius 3 is 2.57 bits per heavy atom. The molecule has 21 heavy (non-hydrogen) atoms. The summed E-state index contributed by atoms with van der Waals surface area (Å²) in [5, 5.41) is 6.10. The number of nitrogens with one attached hydrogen (secondary N) is 2. The number of rotatable bonds is 5. The van der Waals surface area contributed by atoms with E-state index in [4.69, 9.17) is 11.6 Å². The molecule has 0 aliphatic rings. The number of benzene rings is 1. The Kier molecular flexibility index (Phi) is 5.17. The van der Waals surface area contributed by atoms with Gasteiger partial charge in [0.15, 0.2) is 0 Å². The van der Waals surface area contributed by atoms with Gasteiger partial charge in [-0.1, -0.05) is 42.8 Å². The SMILES string of the molecule is CCc1ccccc1CNC(=O)c1nc(NC)ccc1Cl. The molecule has 0 spiro atoms. The van der Waals surface area contributed by atoms with Crippen molar-refractivity contribution in [3.8, 4) is 0 Å². The van der Waals surface area contributed by atoms with E-state index in [1.165, 1.54) is 5.56 Å². The van der Waals surface area contributed by atoms with E-state index < -0.39 is 0 Å². The maximum Gasteiger partial charge on any atom is 0.271 e. The van der Waals surface area contributed by atoms with Gasteiger partial charge in [-0.15, -0.1) is 0 Å². The van der Waals surface area contributed by atoms with E-state index in [-0.39, 0.29) is 11.6 Å². The Labute approximate surface area is 129 Å². The minimum Gasteiger partial charge on any atom is -0.373 e. The van der Waals surface area contributed by atoms with Crippen LogP contribution in [0.5, 0.6) is 0 Å². The van der Waals surface area contributed by atoms with Gasteiger partial charge in [0.25, 0.3) is 5.91 Å². The van der Waals surface area contributed by atoms with Crippen molar-refractivity contribution in [2.24, 2.45) is 0 Å². The van der Waals surface area contributed by atoms with Crippen LogP contribution in [-0.4, -0.2) is 17.9 Å². The standard InChI is InChI=1S/C16H18ClN3O/c1-3-11-6-4-5-7-12(11)10-19-16(21)15-13(17)8-9-14(18-2)20-15/h4-9H,3,10H2,1-2H3,(H,18,20)(H,19,21). The number of hydrogen-bond donors (Lipinski definition) is 2. The van der Waals surface area contributed by atoms with Crippen LogP contribution in [0.2, 0.25) is 5.02 Å². The maximum absolute atomic E-state index is 12.2. The van der Waals surface area contributed by atoms with Crippen LogP contribution in [0.25, 0.3) is 0 Å². The first-order valence-electron chi connectivity index (χ1n) is 6.85. The maximum atomic E-state index is 12.2. The molecule has 2 rings (SSSR count). The third-order valence-corrected chi connectivity index (χ3v) is 3.56. The molecule has 0 saturated carbocycles. The van der Waals surface area contributed by atoms with Gasteiger partial charge in [0, 0.05) is 13.6 Å². The molecule has 0 aliphatic heterocycles. The second-order valence-corrected chi connectivity index (χ2v) is 4.99. The molecule has 0 bridgehead atoms. The Morgan fingerprint density at radius 2 is 1.90 bits per heavy atom. The summed E-state index contributed by atoms with van der Waals surface area (Å²) in [6.07, 6.45) is 0.931. The van der Waals surface area contributed by atoms with Gasteiger partial charge in [0.1, 0.15) is 11.5 Å². The minimum absolute atomic E-state index is 0.234. The third kappa shape index (κ3) is 3.73. The number of halogens is 1. The minimum atomic E-state index is -0.275. The normalized spacial score (nSPS) is 10.2. The first kappa shape index (κ1) is 15.3. The Hall–Kier alpha value is -2.07. The third-order valence-electron chi connectivity index (χ3n) is 3.26. The van der Waals surface area contributed by atoms with Crippen molar-refractivity contribution in [3.63, 3.8) is 0 Å². The van der Waals surface area contributed by atoms with Crippen molar-refractivity contribution in [2.75, 3.05) is 12.4 Å². The molecule has 0 aliphatic carbocycles. The molecule has 0 fully saturated rings. The van der Waals surface area contributed by atoms with Gasteiger partial charge in [-0.2, -0.15) is 0 Å². The first-order valence-corrected chi connectivity index (χ1v) is 7.22. The van der Waals surface area contributed by atoms with Crippen molar-refractivity contribution in [1.29, 1.82) is 0 Å². The molecule has 1 aromatic carbocycles. The summed E-state index contributed by atoms with van der Waals surface area (Å²) in [4.78, 5) is 16.4. The zero-order valence-corrected chi connectivity index (χ0v) is 12.9. The average molecular weight is 304 g/mol. The number of nitrogens with zero attached hydrogens (tertiary/aromatic N) is 1. The number of anilines is 1. The van der Waals surface area contributed by atoms with Gasteiger partial charge < -0.3 is 10.6 Å². The predicted molar refractivity (Wildman–Crippen MR) is 85.8 cm³/mol. The number of aryl methyl sites for hydroxylation is 1. The molecule has 4 nitrogen and oxygen atoms in total. The summed E-state index contributed by atoms with van der Waals surface area (Å²) in [6.45, 7) is 2.56. The van der Waals surface area contributed by atoms with E-state index in [0.29, 0.717) is 17.4 Å². The van der Waals surface area contributed by atoms with Crippen molar-refractivity contribution in [3.05, 3.63) is 58.2 Å². The van der Waals surface area contributed by atoms with Crippen molar-refractivity contribution in [1.82, 2.24) is 10.3 Å². The van der Waals surface area contributed by atoms with Gasteiger partial charge in [-0.05, 0) is 29.7 Å². The van der Waals surface area contributed by atoms with E-state index in [0.717, 1.165) is 12.0 Å². The summed E-state index contributed by atoms with van der Waals surface area (Å²) in [7, 11) is 1.75. The molecule has 2 aromatic rings. The smallest absolute Gasteiger partial charge is 0.271 e. The predicted octanol–water partition coefficient (Wildman–Crippen LogP) is 3.27. The van der Waals surface area contributed by atoms with Crippen LogP contribution >= 0.6 is 11.6 Å². The van der Waals surface area contributed by atoms with E-state index in [2.05, 4.69) is 28.6 Å². The topological polar surface area (TPSA) is 54.0 Å². The molecule has 0 unspecified atom stereocenters. The second kappa shape index (κ2) is 7.09. The van der Waals surface area contributed by atoms with E-state index in [1.807, 2.05) is 18.2 Å². The average Bonchev–Trinajstić information content (AvgIpc) is 2.53. The van der Waals surface area contributed by atoms with E-state index >= 15 is 0 Å². The fourth-order valence-corrected chi connectivity index (χ4v) is 2.27. The summed E-state index contributed by atoms with van der Waals surface area (Å²) in [5.41, 5.74) is 2.56. The fraction of sp³-hybridized carbons (Fsp3) is 0.250. The summed E-state index contributed by atoms with van der Waals surface area (Å²) in [6, 6.07) is 11.4. The van der Waals surface area contributed by atoms with E-state index in [9.17, 15) is 4.79 Å². The lowest BCUT2D eigenvalue weighted by molar-refractivity contribution is 0.0946. The number of pyridine rings is 1.